The molecule has 4 nitrogen and oxygen atoms in total. The number of Topliss-reactive ketones (excluding diaryl/α,β-unsaturated/α-hetero) is 1. The lowest BCUT2D eigenvalue weighted by molar-refractivity contribution is 0.0148. The van der Waals surface area contributed by atoms with E-state index in [2.05, 4.69) is 21.0 Å². The lowest BCUT2D eigenvalue weighted by Gasteiger charge is -2.07. The molecule has 7 heteroatoms. The predicted octanol–water partition coefficient (Wildman–Crippen LogP) is 3.53. The number of hydrogen-bond acceptors (Lipinski definition) is 2. The largest absolute Gasteiger partial charge is 0.387 e. The van der Waals surface area contributed by atoms with Crippen molar-refractivity contribution < 1.29 is 13.6 Å². The summed E-state index contributed by atoms with van der Waals surface area (Å²) in [5, 5.41) is 2.14. The van der Waals surface area contributed by atoms with E-state index in [0.717, 1.165) is 0 Å². The molecule has 0 unspecified atom stereocenters. The first-order valence-electron chi connectivity index (χ1n) is 3.72. The topological polar surface area (TPSA) is 65.8 Å². The number of carbonyl (C=O) groups is 1. The second-order valence-electron chi connectivity index (χ2n) is 2.57. The Balaban J connectivity index is 3.04. The number of rotatable bonds is 3. The third kappa shape index (κ3) is 2.74. The molecule has 0 heterocycles. The zero-order chi connectivity index (χ0) is 11.5. The van der Waals surface area contributed by atoms with Crippen LogP contribution >= 0.6 is 15.9 Å². The Hall–Kier alpha value is -1.46. The van der Waals surface area contributed by atoms with Gasteiger partial charge < -0.3 is 0 Å². The molecule has 0 aliphatic carbocycles. The van der Waals surface area contributed by atoms with Crippen molar-refractivity contribution in [2.24, 2.45) is 5.11 Å². The molecular weight excluding hydrogens is 272 g/mol. The number of hydrogen-bond donors (Lipinski definition) is 0. The average Bonchev–Trinajstić information content (AvgIpc) is 2.18. The highest BCUT2D eigenvalue weighted by Gasteiger charge is 2.38. The molecule has 0 aliphatic heterocycles. The second kappa shape index (κ2) is 4.37. The third-order valence-corrected chi connectivity index (χ3v) is 2.08. The van der Waals surface area contributed by atoms with Gasteiger partial charge >= 0.3 is 6.05 Å². The van der Waals surface area contributed by atoms with Gasteiger partial charge in [0.25, 0.3) is 0 Å². The van der Waals surface area contributed by atoms with Crippen LogP contribution in [-0.2, 0) is 0 Å². The summed E-state index contributed by atoms with van der Waals surface area (Å²) in [4.78, 5) is 13.1. The molecule has 78 valence electrons. The number of alkyl halides is 2. The van der Waals surface area contributed by atoms with Crippen molar-refractivity contribution in [2.45, 2.75) is 6.05 Å². The van der Waals surface area contributed by atoms with Gasteiger partial charge in [0.2, 0.25) is 5.78 Å². The SMILES string of the molecule is [N-]=[N+]=NC(F)(F)C(=O)c1ccc(Br)cc1. The normalized spacial score (nSPS) is 10.6. The number of ketones is 1. The van der Waals surface area contributed by atoms with Crippen LogP contribution in [0.3, 0.4) is 0 Å². The van der Waals surface area contributed by atoms with Crippen LogP contribution in [0.1, 0.15) is 10.4 Å². The first kappa shape index (κ1) is 11.6. The van der Waals surface area contributed by atoms with Crippen molar-refractivity contribution in [2.75, 3.05) is 0 Å². The van der Waals surface area contributed by atoms with Crippen molar-refractivity contribution in [3.63, 3.8) is 0 Å². The molecule has 0 atom stereocenters. The third-order valence-electron chi connectivity index (χ3n) is 1.55. The van der Waals surface area contributed by atoms with Crippen molar-refractivity contribution in [1.82, 2.24) is 0 Å². The molecule has 0 aliphatic rings. The Kier molecular flexibility index (Phi) is 3.39. The Labute approximate surface area is 91.7 Å². The van der Waals surface area contributed by atoms with Gasteiger partial charge in [-0.3, -0.25) is 4.79 Å². The van der Waals surface area contributed by atoms with Gasteiger partial charge in [-0.25, -0.2) is 0 Å². The summed E-state index contributed by atoms with van der Waals surface area (Å²) in [6, 6.07) is 1.28. The van der Waals surface area contributed by atoms with Crippen molar-refractivity contribution in [3.8, 4) is 0 Å². The van der Waals surface area contributed by atoms with E-state index < -0.39 is 11.8 Å². The molecule has 15 heavy (non-hydrogen) atoms. The maximum Gasteiger partial charge on any atom is 0.387 e. The molecule has 0 aromatic heterocycles. The highest BCUT2D eigenvalue weighted by molar-refractivity contribution is 9.10. The van der Waals surface area contributed by atoms with E-state index in [0.29, 0.717) is 4.47 Å². The number of azide groups is 1. The first-order valence-corrected chi connectivity index (χ1v) is 4.51. The summed E-state index contributed by atoms with van der Waals surface area (Å²) >= 11 is 3.09. The van der Waals surface area contributed by atoms with E-state index in [4.69, 9.17) is 5.53 Å². The van der Waals surface area contributed by atoms with Crippen LogP contribution in [0.15, 0.2) is 33.9 Å². The van der Waals surface area contributed by atoms with Gasteiger partial charge in [0, 0.05) is 14.9 Å². The molecule has 0 fully saturated rings. The molecular formula is C8H4BrF2N3O. The van der Waals surface area contributed by atoms with Crippen LogP contribution < -0.4 is 0 Å². The average molecular weight is 276 g/mol. The van der Waals surface area contributed by atoms with Crippen molar-refractivity contribution in [1.29, 1.82) is 0 Å². The molecule has 1 aromatic carbocycles. The lowest BCUT2D eigenvalue weighted by atomic mass is 10.1. The van der Waals surface area contributed by atoms with Gasteiger partial charge in [0.05, 0.1) is 0 Å². The first-order chi connectivity index (χ1) is 6.97. The van der Waals surface area contributed by atoms with Gasteiger partial charge in [0.1, 0.15) is 0 Å². The van der Waals surface area contributed by atoms with Gasteiger partial charge in [-0.15, -0.1) is 0 Å². The number of nitrogens with zero attached hydrogens (tertiary/aromatic N) is 3. The van der Waals surface area contributed by atoms with Gasteiger partial charge in [-0.2, -0.15) is 8.78 Å². The second-order valence-corrected chi connectivity index (χ2v) is 3.48. The molecule has 0 radical (unpaired) electrons. The minimum absolute atomic E-state index is 0.212. The van der Waals surface area contributed by atoms with E-state index in [1.165, 1.54) is 24.3 Å². The van der Waals surface area contributed by atoms with E-state index in [1.807, 2.05) is 4.91 Å². The standard InChI is InChI=1S/C8H4BrF2N3O/c9-6-3-1-5(2-4-6)7(15)8(10,11)13-14-12/h1-4H. The van der Waals surface area contributed by atoms with Gasteiger partial charge in [-0.1, -0.05) is 28.1 Å². The van der Waals surface area contributed by atoms with E-state index in [1.54, 1.807) is 0 Å². The Bertz CT molecular complexity index is 426. The van der Waals surface area contributed by atoms with Crippen LogP contribution in [0.25, 0.3) is 10.4 Å². The summed E-state index contributed by atoms with van der Waals surface area (Å²) < 4.78 is 26.3. The maximum atomic E-state index is 12.8. The van der Waals surface area contributed by atoms with Gasteiger partial charge in [-0.05, 0) is 22.8 Å². The fourth-order valence-corrected chi connectivity index (χ4v) is 1.14. The summed E-state index contributed by atoms with van der Waals surface area (Å²) in [7, 11) is 0. The Morgan fingerprint density at radius 2 is 1.93 bits per heavy atom. The molecule has 0 amide bonds. The molecule has 0 bridgehead atoms. The molecule has 0 saturated heterocycles. The minimum Gasteiger partial charge on any atom is -0.287 e. The fourth-order valence-electron chi connectivity index (χ4n) is 0.877. The Morgan fingerprint density at radius 1 is 1.40 bits per heavy atom. The monoisotopic (exact) mass is 275 g/mol. The number of halogens is 3. The van der Waals surface area contributed by atoms with Crippen molar-refractivity contribution >= 4 is 21.7 Å². The minimum atomic E-state index is -4.04. The molecule has 0 spiro atoms. The van der Waals surface area contributed by atoms with Crippen LogP contribution in [0.4, 0.5) is 8.78 Å². The quantitative estimate of drug-likeness (QED) is 0.274. The maximum absolute atomic E-state index is 12.8. The van der Waals surface area contributed by atoms with Gasteiger partial charge in [0.15, 0.2) is 0 Å². The zero-order valence-corrected chi connectivity index (χ0v) is 8.78. The summed E-state index contributed by atoms with van der Waals surface area (Å²) in [6.45, 7) is 0. The summed E-state index contributed by atoms with van der Waals surface area (Å²) in [6.07, 6.45) is 0. The highest BCUT2D eigenvalue weighted by atomic mass is 79.9. The zero-order valence-electron chi connectivity index (χ0n) is 7.19. The van der Waals surface area contributed by atoms with E-state index in [9.17, 15) is 13.6 Å². The van der Waals surface area contributed by atoms with Crippen LogP contribution in [-0.4, -0.2) is 11.8 Å². The smallest absolute Gasteiger partial charge is 0.287 e. The number of carbonyl (C=O) groups excluding carboxylic acids is 1. The summed E-state index contributed by atoms with van der Waals surface area (Å²) in [5.74, 6) is -1.52. The Morgan fingerprint density at radius 3 is 2.40 bits per heavy atom. The lowest BCUT2D eigenvalue weighted by Crippen LogP contribution is -2.25. The van der Waals surface area contributed by atoms with Crippen LogP contribution in [0.5, 0.6) is 0 Å². The molecule has 0 saturated carbocycles. The van der Waals surface area contributed by atoms with Crippen LogP contribution in [0, 0.1) is 0 Å². The van der Waals surface area contributed by atoms with E-state index >= 15 is 0 Å². The fraction of sp³-hybridized carbons (Fsp3) is 0.125. The summed E-state index contributed by atoms with van der Waals surface area (Å²) in [5.41, 5.74) is 7.65. The molecule has 0 N–H and O–H groups in total. The van der Waals surface area contributed by atoms with E-state index in [-0.39, 0.29) is 5.56 Å². The number of benzene rings is 1. The molecule has 1 aromatic rings. The predicted molar refractivity (Wildman–Crippen MR) is 52.6 cm³/mol. The highest BCUT2D eigenvalue weighted by Crippen LogP contribution is 2.22. The molecule has 1 rings (SSSR count). The van der Waals surface area contributed by atoms with Crippen molar-refractivity contribution in [3.05, 3.63) is 44.7 Å². The van der Waals surface area contributed by atoms with Crippen LogP contribution in [0.2, 0.25) is 0 Å².